The standard InChI is InChI=1S/C16H25N3O2S/c1-12-8-13(2)16(14(3)9-12)22(20,21)17-10-15-11-18-4-6-19(15)7-5-18/h8-9,15,17H,4-7,10-11H2,1-3H3. The number of hydrogen-bond acceptors (Lipinski definition) is 4. The van der Waals surface area contributed by atoms with Gasteiger partial charge in [-0.2, -0.15) is 0 Å². The zero-order chi connectivity index (χ0) is 15.9. The molecule has 1 aromatic rings. The summed E-state index contributed by atoms with van der Waals surface area (Å²) < 4.78 is 28.2. The van der Waals surface area contributed by atoms with Crippen molar-refractivity contribution < 1.29 is 8.42 Å². The van der Waals surface area contributed by atoms with Gasteiger partial charge in [0.2, 0.25) is 10.0 Å². The van der Waals surface area contributed by atoms with E-state index in [2.05, 4.69) is 14.5 Å². The molecule has 122 valence electrons. The summed E-state index contributed by atoms with van der Waals surface area (Å²) in [4.78, 5) is 5.26. The van der Waals surface area contributed by atoms with Crippen LogP contribution in [0.4, 0.5) is 0 Å². The van der Waals surface area contributed by atoms with Gasteiger partial charge in [-0.3, -0.25) is 9.80 Å². The molecule has 1 N–H and O–H groups in total. The van der Waals surface area contributed by atoms with Gasteiger partial charge in [0.15, 0.2) is 0 Å². The number of hydrogen-bond donors (Lipinski definition) is 1. The van der Waals surface area contributed by atoms with Crippen LogP contribution in [0.3, 0.4) is 0 Å². The maximum absolute atomic E-state index is 12.7. The summed E-state index contributed by atoms with van der Waals surface area (Å²) in [5.41, 5.74) is 2.73. The molecule has 3 saturated heterocycles. The van der Waals surface area contributed by atoms with Crippen molar-refractivity contribution in [1.29, 1.82) is 0 Å². The first-order valence-corrected chi connectivity index (χ1v) is 9.39. The van der Waals surface area contributed by atoms with Gasteiger partial charge in [-0.1, -0.05) is 17.7 Å². The van der Waals surface area contributed by atoms with E-state index in [-0.39, 0.29) is 0 Å². The highest BCUT2D eigenvalue weighted by Gasteiger charge is 2.32. The molecule has 1 aromatic carbocycles. The highest BCUT2D eigenvalue weighted by molar-refractivity contribution is 7.89. The Morgan fingerprint density at radius 1 is 1.09 bits per heavy atom. The van der Waals surface area contributed by atoms with Gasteiger partial charge in [-0.15, -0.1) is 0 Å². The summed E-state index contributed by atoms with van der Waals surface area (Å²) in [7, 11) is -3.45. The third kappa shape index (κ3) is 3.06. The average Bonchev–Trinajstić information content (AvgIpc) is 2.45. The quantitative estimate of drug-likeness (QED) is 0.894. The second-order valence-electron chi connectivity index (χ2n) is 6.57. The summed E-state index contributed by atoms with van der Waals surface area (Å²) in [5, 5.41) is 0. The van der Waals surface area contributed by atoms with E-state index in [1.807, 2.05) is 32.9 Å². The molecule has 3 heterocycles. The predicted octanol–water partition coefficient (Wildman–Crippen LogP) is 0.890. The Hall–Kier alpha value is -0.950. The smallest absolute Gasteiger partial charge is 0.241 e. The van der Waals surface area contributed by atoms with Crippen LogP contribution < -0.4 is 4.72 Å². The Morgan fingerprint density at radius 2 is 1.68 bits per heavy atom. The van der Waals surface area contributed by atoms with Gasteiger partial charge in [0.05, 0.1) is 4.90 Å². The number of sulfonamides is 1. The lowest BCUT2D eigenvalue weighted by atomic mass is 10.1. The molecule has 0 aromatic heterocycles. The monoisotopic (exact) mass is 323 g/mol. The van der Waals surface area contributed by atoms with Gasteiger partial charge in [0.25, 0.3) is 0 Å². The second-order valence-corrected chi connectivity index (χ2v) is 8.27. The van der Waals surface area contributed by atoms with Gasteiger partial charge < -0.3 is 0 Å². The molecule has 0 radical (unpaired) electrons. The van der Waals surface area contributed by atoms with Crippen molar-refractivity contribution in [3.05, 3.63) is 28.8 Å². The Kier molecular flexibility index (Phi) is 4.29. The molecule has 0 aliphatic carbocycles. The van der Waals surface area contributed by atoms with Crippen LogP contribution in [-0.4, -0.2) is 63.5 Å². The van der Waals surface area contributed by atoms with Crippen LogP contribution in [0.2, 0.25) is 0 Å². The van der Waals surface area contributed by atoms with Crippen molar-refractivity contribution in [1.82, 2.24) is 14.5 Å². The summed E-state index contributed by atoms with van der Waals surface area (Å²) >= 11 is 0. The third-order valence-corrected chi connectivity index (χ3v) is 6.50. The van der Waals surface area contributed by atoms with Gasteiger partial charge in [0.1, 0.15) is 0 Å². The maximum atomic E-state index is 12.7. The lowest BCUT2D eigenvalue weighted by Crippen LogP contribution is -2.63. The SMILES string of the molecule is Cc1cc(C)c(S(=O)(=O)NCC2CN3CCN2CC3)c(C)c1. The molecule has 2 bridgehead atoms. The van der Waals surface area contributed by atoms with Gasteiger partial charge in [-0.25, -0.2) is 13.1 Å². The Balaban J connectivity index is 1.74. The zero-order valence-corrected chi connectivity index (χ0v) is 14.4. The van der Waals surface area contributed by atoms with E-state index >= 15 is 0 Å². The predicted molar refractivity (Wildman–Crippen MR) is 87.6 cm³/mol. The Labute approximate surface area is 133 Å². The molecule has 5 nitrogen and oxygen atoms in total. The summed E-state index contributed by atoms with van der Waals surface area (Å²) in [6.07, 6.45) is 0. The highest BCUT2D eigenvalue weighted by Crippen LogP contribution is 2.22. The number of aryl methyl sites for hydroxylation is 3. The molecule has 3 fully saturated rings. The molecular weight excluding hydrogens is 298 g/mol. The van der Waals surface area contributed by atoms with Gasteiger partial charge in [0, 0.05) is 45.3 Å². The number of fused-ring (bicyclic) bond motifs is 3. The largest absolute Gasteiger partial charge is 0.299 e. The van der Waals surface area contributed by atoms with Gasteiger partial charge in [-0.05, 0) is 31.9 Å². The minimum Gasteiger partial charge on any atom is -0.299 e. The molecular formula is C16H25N3O2S. The summed E-state index contributed by atoms with van der Waals surface area (Å²) in [5.74, 6) is 0. The van der Waals surface area contributed by atoms with Crippen molar-refractivity contribution in [2.45, 2.75) is 31.7 Å². The van der Waals surface area contributed by atoms with Crippen LogP contribution in [0.1, 0.15) is 16.7 Å². The van der Waals surface area contributed by atoms with Crippen molar-refractivity contribution in [3.8, 4) is 0 Å². The van der Waals surface area contributed by atoms with E-state index in [0.717, 1.165) is 49.4 Å². The zero-order valence-electron chi connectivity index (χ0n) is 13.6. The molecule has 0 amide bonds. The van der Waals surface area contributed by atoms with E-state index in [1.54, 1.807) is 0 Å². The number of rotatable bonds is 4. The molecule has 1 unspecified atom stereocenters. The molecule has 6 heteroatoms. The van der Waals surface area contributed by atoms with E-state index in [4.69, 9.17) is 0 Å². The van der Waals surface area contributed by atoms with Crippen LogP contribution >= 0.6 is 0 Å². The van der Waals surface area contributed by atoms with E-state index in [9.17, 15) is 8.42 Å². The first-order chi connectivity index (χ1) is 10.4. The van der Waals surface area contributed by atoms with Crippen LogP contribution in [0, 0.1) is 20.8 Å². The van der Waals surface area contributed by atoms with Crippen LogP contribution in [-0.2, 0) is 10.0 Å². The summed E-state index contributed by atoms with van der Waals surface area (Å²) in [6, 6.07) is 4.15. The number of nitrogens with zero attached hydrogens (tertiary/aromatic N) is 2. The lowest BCUT2D eigenvalue weighted by Gasteiger charge is -2.47. The van der Waals surface area contributed by atoms with Crippen molar-refractivity contribution >= 4 is 10.0 Å². The normalized spacial score (nSPS) is 28.0. The Morgan fingerprint density at radius 3 is 2.18 bits per heavy atom. The van der Waals surface area contributed by atoms with Crippen LogP contribution in [0.15, 0.2) is 17.0 Å². The topological polar surface area (TPSA) is 52.7 Å². The maximum Gasteiger partial charge on any atom is 0.241 e. The fraction of sp³-hybridized carbons (Fsp3) is 0.625. The van der Waals surface area contributed by atoms with Crippen LogP contribution in [0.5, 0.6) is 0 Å². The molecule has 1 atom stereocenters. The third-order valence-electron chi connectivity index (χ3n) is 4.77. The molecule has 4 rings (SSSR count). The first kappa shape index (κ1) is 15.9. The minimum atomic E-state index is -3.45. The fourth-order valence-electron chi connectivity index (χ4n) is 3.79. The lowest BCUT2D eigenvalue weighted by molar-refractivity contribution is 0.0158. The molecule has 22 heavy (non-hydrogen) atoms. The van der Waals surface area contributed by atoms with Crippen molar-refractivity contribution in [3.63, 3.8) is 0 Å². The number of nitrogens with one attached hydrogen (secondary N) is 1. The van der Waals surface area contributed by atoms with Crippen molar-refractivity contribution in [2.75, 3.05) is 39.3 Å². The highest BCUT2D eigenvalue weighted by atomic mass is 32.2. The first-order valence-electron chi connectivity index (χ1n) is 7.91. The molecule has 3 aliphatic rings. The fourth-order valence-corrected chi connectivity index (χ4v) is 5.31. The van der Waals surface area contributed by atoms with E-state index in [0.29, 0.717) is 17.5 Å². The van der Waals surface area contributed by atoms with E-state index in [1.165, 1.54) is 0 Å². The average molecular weight is 323 g/mol. The number of benzene rings is 1. The van der Waals surface area contributed by atoms with Gasteiger partial charge >= 0.3 is 0 Å². The Bertz CT molecular complexity index is 641. The van der Waals surface area contributed by atoms with E-state index < -0.39 is 10.0 Å². The molecule has 0 spiro atoms. The minimum absolute atomic E-state index is 0.295. The van der Waals surface area contributed by atoms with Crippen LogP contribution in [0.25, 0.3) is 0 Å². The van der Waals surface area contributed by atoms with Crippen molar-refractivity contribution in [2.24, 2.45) is 0 Å². The summed E-state index contributed by atoms with van der Waals surface area (Å²) in [6.45, 7) is 11.5. The molecule has 3 aliphatic heterocycles. The number of piperazine rings is 3. The molecule has 0 saturated carbocycles. The second kappa shape index (κ2) is 5.92.